The van der Waals surface area contributed by atoms with Gasteiger partial charge < -0.3 is 10.1 Å². The van der Waals surface area contributed by atoms with E-state index in [2.05, 4.69) is 5.32 Å². The number of halogens is 4. The van der Waals surface area contributed by atoms with E-state index in [9.17, 15) is 27.6 Å². The fraction of sp³-hybridized carbons (Fsp3) is 0.0870. The molecule has 1 N–H and O–H groups in total. The molecule has 0 atom stereocenters. The number of alkyl halides is 3. The van der Waals surface area contributed by atoms with Gasteiger partial charge in [-0.15, -0.1) is 0 Å². The van der Waals surface area contributed by atoms with E-state index in [-0.39, 0.29) is 16.1 Å². The molecule has 3 rings (SSSR count). The highest BCUT2D eigenvalue weighted by molar-refractivity contribution is 6.30. The van der Waals surface area contributed by atoms with Crippen LogP contribution in [0.25, 0.3) is 0 Å². The van der Waals surface area contributed by atoms with Gasteiger partial charge in [0, 0.05) is 16.1 Å². The number of hydrogen-bond acceptors (Lipinski definition) is 4. The fourth-order valence-corrected chi connectivity index (χ4v) is 3.03. The molecule has 0 aliphatic rings. The molecule has 5 nitrogen and oxygen atoms in total. The Balaban J connectivity index is 1.71. The first-order chi connectivity index (χ1) is 15.2. The van der Waals surface area contributed by atoms with E-state index >= 15 is 0 Å². The molecule has 0 aromatic heterocycles. The molecule has 0 bridgehead atoms. The zero-order valence-electron chi connectivity index (χ0n) is 16.3. The van der Waals surface area contributed by atoms with Gasteiger partial charge in [-0.2, -0.15) is 13.2 Å². The second-order valence-electron chi connectivity index (χ2n) is 6.55. The van der Waals surface area contributed by atoms with Gasteiger partial charge in [-0.05, 0) is 24.3 Å². The molecule has 32 heavy (non-hydrogen) atoms. The molecule has 3 aromatic rings. The molecule has 0 heterocycles. The summed E-state index contributed by atoms with van der Waals surface area (Å²) in [6, 6.07) is 17.0. The van der Waals surface area contributed by atoms with Crippen LogP contribution in [0, 0.1) is 0 Å². The summed E-state index contributed by atoms with van der Waals surface area (Å²) >= 11 is 5.60. The minimum Gasteiger partial charge on any atom is -0.452 e. The van der Waals surface area contributed by atoms with Crippen molar-refractivity contribution in [1.29, 1.82) is 0 Å². The number of ketones is 1. The van der Waals surface area contributed by atoms with Crippen molar-refractivity contribution in [3.8, 4) is 0 Å². The minimum atomic E-state index is -4.75. The molecule has 0 spiro atoms. The Kier molecular flexibility index (Phi) is 6.95. The lowest BCUT2D eigenvalue weighted by Gasteiger charge is -2.14. The first-order valence-corrected chi connectivity index (χ1v) is 9.57. The number of carbonyl (C=O) groups is 3. The van der Waals surface area contributed by atoms with Crippen molar-refractivity contribution in [1.82, 2.24) is 0 Å². The van der Waals surface area contributed by atoms with E-state index in [1.807, 2.05) is 0 Å². The Morgan fingerprint density at radius 1 is 0.875 bits per heavy atom. The smallest absolute Gasteiger partial charge is 0.418 e. The fourth-order valence-electron chi connectivity index (χ4n) is 2.86. The van der Waals surface area contributed by atoms with Crippen LogP contribution in [0.5, 0.6) is 0 Å². The normalized spacial score (nSPS) is 11.0. The molecule has 0 fully saturated rings. The maximum absolute atomic E-state index is 13.1. The Morgan fingerprint density at radius 2 is 1.50 bits per heavy atom. The van der Waals surface area contributed by atoms with Crippen LogP contribution in [0.2, 0.25) is 5.02 Å². The number of amides is 1. The average Bonchev–Trinajstić information content (AvgIpc) is 2.78. The molecule has 9 heteroatoms. The number of carbonyl (C=O) groups excluding carboxylic acids is 3. The lowest BCUT2D eigenvalue weighted by molar-refractivity contribution is -0.137. The molecule has 3 aromatic carbocycles. The van der Waals surface area contributed by atoms with Crippen molar-refractivity contribution < 1.29 is 32.3 Å². The van der Waals surface area contributed by atoms with Crippen LogP contribution in [0.15, 0.2) is 72.8 Å². The Labute approximate surface area is 185 Å². The van der Waals surface area contributed by atoms with Crippen molar-refractivity contribution in [2.24, 2.45) is 0 Å². The molecular weight excluding hydrogens is 447 g/mol. The predicted molar refractivity (Wildman–Crippen MR) is 112 cm³/mol. The Morgan fingerprint density at radius 3 is 2.16 bits per heavy atom. The lowest BCUT2D eigenvalue weighted by atomic mass is 9.98. The molecule has 0 aliphatic heterocycles. The van der Waals surface area contributed by atoms with Crippen LogP contribution >= 0.6 is 11.6 Å². The third-order valence-electron chi connectivity index (χ3n) is 4.32. The van der Waals surface area contributed by atoms with E-state index in [4.69, 9.17) is 16.3 Å². The zero-order valence-corrected chi connectivity index (χ0v) is 17.0. The molecule has 0 saturated carbocycles. The molecule has 1 amide bonds. The van der Waals surface area contributed by atoms with Gasteiger partial charge in [0.15, 0.2) is 12.4 Å². The van der Waals surface area contributed by atoms with Crippen molar-refractivity contribution >= 4 is 34.9 Å². The van der Waals surface area contributed by atoms with Crippen molar-refractivity contribution in [2.75, 3.05) is 11.9 Å². The van der Waals surface area contributed by atoms with Gasteiger partial charge in [-0.3, -0.25) is 9.59 Å². The van der Waals surface area contributed by atoms with Crippen molar-refractivity contribution in [2.45, 2.75) is 6.18 Å². The lowest BCUT2D eigenvalue weighted by Crippen LogP contribution is -2.23. The van der Waals surface area contributed by atoms with Gasteiger partial charge in [0.2, 0.25) is 0 Å². The summed E-state index contributed by atoms with van der Waals surface area (Å²) in [6.45, 7) is -0.855. The number of benzene rings is 3. The maximum atomic E-state index is 13.1. The summed E-state index contributed by atoms with van der Waals surface area (Å²) in [5.41, 5.74) is -1.31. The Hall–Kier alpha value is -3.65. The van der Waals surface area contributed by atoms with Gasteiger partial charge >= 0.3 is 12.1 Å². The first-order valence-electron chi connectivity index (χ1n) is 9.19. The molecular formula is C23H15ClF3NO4. The summed E-state index contributed by atoms with van der Waals surface area (Å²) in [5.74, 6) is -2.37. The van der Waals surface area contributed by atoms with E-state index in [0.717, 1.165) is 6.07 Å². The highest BCUT2D eigenvalue weighted by Crippen LogP contribution is 2.36. The highest BCUT2D eigenvalue weighted by Gasteiger charge is 2.34. The standard InChI is InChI=1S/C23H15ClF3NO4/c24-15-10-11-19(18(12-15)23(25,26)27)28-20(29)13-32-22(31)17-9-5-4-8-16(17)21(30)14-6-2-1-3-7-14/h1-12H,13H2,(H,28,29). The second kappa shape index (κ2) is 9.65. The number of ether oxygens (including phenoxy) is 1. The van der Waals surface area contributed by atoms with Gasteiger partial charge in [0.25, 0.3) is 5.91 Å². The third kappa shape index (κ3) is 5.53. The highest BCUT2D eigenvalue weighted by atomic mass is 35.5. The van der Waals surface area contributed by atoms with Crippen LogP contribution in [-0.2, 0) is 15.7 Å². The van der Waals surface area contributed by atoms with Crippen LogP contribution < -0.4 is 5.32 Å². The maximum Gasteiger partial charge on any atom is 0.418 e. The van der Waals surface area contributed by atoms with Crippen molar-refractivity contribution in [3.05, 3.63) is 100 Å². The number of esters is 1. The van der Waals surface area contributed by atoms with Crippen LogP contribution in [0.3, 0.4) is 0 Å². The number of hydrogen-bond donors (Lipinski definition) is 1. The zero-order chi connectivity index (χ0) is 23.3. The summed E-state index contributed by atoms with van der Waals surface area (Å²) in [4.78, 5) is 37.3. The van der Waals surface area contributed by atoms with E-state index < -0.39 is 41.7 Å². The quantitative estimate of drug-likeness (QED) is 0.395. The van der Waals surface area contributed by atoms with Gasteiger partial charge in [-0.25, -0.2) is 4.79 Å². The van der Waals surface area contributed by atoms with Crippen molar-refractivity contribution in [3.63, 3.8) is 0 Å². The topological polar surface area (TPSA) is 72.5 Å². The summed E-state index contributed by atoms with van der Waals surface area (Å²) < 4.78 is 44.4. The molecule has 0 unspecified atom stereocenters. The minimum absolute atomic E-state index is 0.0705. The average molecular weight is 462 g/mol. The number of rotatable bonds is 6. The van der Waals surface area contributed by atoms with E-state index in [1.54, 1.807) is 36.4 Å². The number of anilines is 1. The Bertz CT molecular complexity index is 1160. The summed E-state index contributed by atoms with van der Waals surface area (Å²) in [7, 11) is 0. The van der Waals surface area contributed by atoms with E-state index in [1.165, 1.54) is 24.3 Å². The second-order valence-corrected chi connectivity index (χ2v) is 6.99. The molecule has 164 valence electrons. The SMILES string of the molecule is O=C(COC(=O)c1ccccc1C(=O)c1ccccc1)Nc1ccc(Cl)cc1C(F)(F)F. The largest absolute Gasteiger partial charge is 0.452 e. The van der Waals surface area contributed by atoms with Crippen LogP contribution in [0.4, 0.5) is 18.9 Å². The summed E-state index contributed by atoms with van der Waals surface area (Å²) in [5, 5.41) is 1.90. The van der Waals surface area contributed by atoms with Crippen LogP contribution in [-0.4, -0.2) is 24.3 Å². The first kappa shape index (κ1) is 23.0. The number of nitrogens with one attached hydrogen (secondary N) is 1. The monoisotopic (exact) mass is 461 g/mol. The van der Waals surface area contributed by atoms with Crippen LogP contribution in [0.1, 0.15) is 31.8 Å². The third-order valence-corrected chi connectivity index (χ3v) is 4.56. The van der Waals surface area contributed by atoms with Gasteiger partial charge in [-0.1, -0.05) is 60.1 Å². The molecule has 0 radical (unpaired) electrons. The predicted octanol–water partition coefficient (Wildman–Crippen LogP) is 5.39. The molecule has 0 aliphatic carbocycles. The molecule has 0 saturated heterocycles. The van der Waals surface area contributed by atoms with E-state index in [0.29, 0.717) is 11.6 Å². The van der Waals surface area contributed by atoms with Gasteiger partial charge in [0.1, 0.15) is 0 Å². The summed E-state index contributed by atoms with van der Waals surface area (Å²) in [6.07, 6.45) is -4.75. The van der Waals surface area contributed by atoms with Gasteiger partial charge in [0.05, 0.1) is 16.8 Å².